The fourth-order valence-corrected chi connectivity index (χ4v) is 5.93. The van der Waals surface area contributed by atoms with Crippen LogP contribution in [-0.2, 0) is 16.6 Å². The molecule has 1 saturated carbocycles. The molecule has 1 aromatic carbocycles. The highest BCUT2D eigenvalue weighted by atomic mass is 32.2. The average molecular weight is 433 g/mol. The molecule has 0 atom stereocenters. The van der Waals surface area contributed by atoms with Crippen molar-refractivity contribution in [3.05, 3.63) is 64.9 Å². The molecule has 1 aliphatic carbocycles. The maximum atomic E-state index is 13.1. The summed E-state index contributed by atoms with van der Waals surface area (Å²) in [5.41, 5.74) is 0.376. The van der Waals surface area contributed by atoms with Crippen LogP contribution < -0.4 is 0 Å². The number of amides is 1. The third kappa shape index (κ3) is 5.15. The lowest BCUT2D eigenvalue weighted by molar-refractivity contribution is 0.0764. The molecule has 5 nitrogen and oxygen atoms in total. The molecule has 7 heteroatoms. The predicted octanol–water partition coefficient (Wildman–Crippen LogP) is 4.53. The summed E-state index contributed by atoms with van der Waals surface area (Å²) in [6.07, 6.45) is 6.75. The zero-order valence-corrected chi connectivity index (χ0v) is 18.4. The van der Waals surface area contributed by atoms with E-state index in [-0.39, 0.29) is 16.8 Å². The molecule has 2 aromatic rings. The van der Waals surface area contributed by atoms with Gasteiger partial charge in [-0.25, -0.2) is 8.42 Å². The van der Waals surface area contributed by atoms with E-state index >= 15 is 0 Å². The number of nitrogens with zero attached hydrogens (tertiary/aromatic N) is 2. The second kappa shape index (κ2) is 9.69. The minimum absolute atomic E-state index is 0.0317. The molecule has 0 bridgehead atoms. The number of thiophene rings is 1. The van der Waals surface area contributed by atoms with E-state index < -0.39 is 10.0 Å². The highest BCUT2D eigenvalue weighted by Gasteiger charge is 2.29. The van der Waals surface area contributed by atoms with Gasteiger partial charge in [0.1, 0.15) is 0 Å². The van der Waals surface area contributed by atoms with Gasteiger partial charge < -0.3 is 4.90 Å². The van der Waals surface area contributed by atoms with Crippen molar-refractivity contribution < 1.29 is 13.2 Å². The van der Waals surface area contributed by atoms with Crippen molar-refractivity contribution in [3.63, 3.8) is 0 Å². The van der Waals surface area contributed by atoms with Crippen molar-refractivity contribution in [2.45, 2.75) is 49.6 Å². The number of rotatable bonds is 8. The first kappa shape index (κ1) is 21.7. The molecule has 0 unspecified atom stereocenters. The van der Waals surface area contributed by atoms with Crippen LogP contribution >= 0.6 is 11.3 Å². The standard InChI is InChI=1S/C22H28N2O3S2/c1-3-14-24(17-20-12-8-15-28-20)22(25)18-9-7-13-21(16-18)29(26,27)23(2)19-10-5-4-6-11-19/h3,7-9,12-13,15-16,19H,1,4-6,10-11,14,17H2,2H3. The Bertz CT molecular complexity index is 933. The number of benzene rings is 1. The van der Waals surface area contributed by atoms with Gasteiger partial charge in [0.2, 0.25) is 10.0 Å². The molecule has 29 heavy (non-hydrogen) atoms. The Morgan fingerprint density at radius 2 is 1.97 bits per heavy atom. The topological polar surface area (TPSA) is 57.7 Å². The first-order valence-electron chi connectivity index (χ1n) is 9.94. The zero-order chi connectivity index (χ0) is 20.9. The summed E-state index contributed by atoms with van der Waals surface area (Å²) in [6.45, 7) is 4.62. The van der Waals surface area contributed by atoms with E-state index in [1.165, 1.54) is 10.4 Å². The molecule has 156 valence electrons. The smallest absolute Gasteiger partial charge is 0.254 e. The fourth-order valence-electron chi connectivity index (χ4n) is 3.75. The molecule has 3 rings (SSSR count). The number of sulfonamides is 1. The average Bonchev–Trinajstić information content (AvgIpc) is 3.26. The van der Waals surface area contributed by atoms with Crippen LogP contribution in [0.15, 0.2) is 59.3 Å². The Balaban J connectivity index is 1.83. The van der Waals surface area contributed by atoms with Crippen LogP contribution in [0.1, 0.15) is 47.3 Å². The van der Waals surface area contributed by atoms with Crippen molar-refractivity contribution in [1.82, 2.24) is 9.21 Å². The molecule has 1 heterocycles. The Morgan fingerprint density at radius 1 is 1.21 bits per heavy atom. The molecule has 0 spiro atoms. The van der Waals surface area contributed by atoms with Gasteiger partial charge >= 0.3 is 0 Å². The van der Waals surface area contributed by atoms with Gasteiger partial charge in [0.05, 0.1) is 11.4 Å². The van der Waals surface area contributed by atoms with E-state index in [9.17, 15) is 13.2 Å². The normalized spacial score (nSPS) is 15.4. The van der Waals surface area contributed by atoms with Crippen LogP contribution in [0.3, 0.4) is 0 Å². The molecule has 1 amide bonds. The highest BCUT2D eigenvalue weighted by Crippen LogP contribution is 2.27. The third-order valence-corrected chi connectivity index (χ3v) is 8.18. The van der Waals surface area contributed by atoms with Gasteiger partial charge in [0.15, 0.2) is 0 Å². The number of carbonyl (C=O) groups excluding carboxylic acids is 1. The fraction of sp³-hybridized carbons (Fsp3) is 0.409. The van der Waals surface area contributed by atoms with Crippen molar-refractivity contribution in [3.8, 4) is 0 Å². The van der Waals surface area contributed by atoms with Crippen LogP contribution in [0.4, 0.5) is 0 Å². The van der Waals surface area contributed by atoms with E-state index in [1.807, 2.05) is 17.5 Å². The number of carbonyl (C=O) groups is 1. The summed E-state index contributed by atoms with van der Waals surface area (Å²) in [5.74, 6) is -0.198. The minimum atomic E-state index is -3.64. The molecule has 0 N–H and O–H groups in total. The Labute approximate surface area is 177 Å². The van der Waals surface area contributed by atoms with Crippen LogP contribution in [0.25, 0.3) is 0 Å². The molecule has 0 aliphatic heterocycles. The van der Waals surface area contributed by atoms with Gasteiger partial charge in [-0.05, 0) is 42.5 Å². The molecule has 0 radical (unpaired) electrons. The molecule has 1 fully saturated rings. The highest BCUT2D eigenvalue weighted by molar-refractivity contribution is 7.89. The van der Waals surface area contributed by atoms with E-state index in [2.05, 4.69) is 6.58 Å². The molecular formula is C22H28N2O3S2. The van der Waals surface area contributed by atoms with Crippen LogP contribution in [0.2, 0.25) is 0 Å². The lowest BCUT2D eigenvalue weighted by Gasteiger charge is -2.30. The van der Waals surface area contributed by atoms with Gasteiger partial charge in [0, 0.05) is 30.1 Å². The molecular weight excluding hydrogens is 404 g/mol. The van der Waals surface area contributed by atoms with E-state index in [0.717, 1.165) is 37.0 Å². The third-order valence-electron chi connectivity index (χ3n) is 5.41. The molecule has 0 saturated heterocycles. The number of hydrogen-bond donors (Lipinski definition) is 0. The quantitative estimate of drug-likeness (QED) is 0.576. The molecule has 1 aliphatic rings. The van der Waals surface area contributed by atoms with E-state index in [4.69, 9.17) is 0 Å². The first-order chi connectivity index (χ1) is 13.9. The van der Waals surface area contributed by atoms with Gasteiger partial charge in [-0.15, -0.1) is 17.9 Å². The summed E-state index contributed by atoms with van der Waals surface area (Å²) in [4.78, 5) is 16.0. The summed E-state index contributed by atoms with van der Waals surface area (Å²) >= 11 is 1.59. The maximum Gasteiger partial charge on any atom is 0.254 e. The Kier molecular flexibility index (Phi) is 7.27. The van der Waals surface area contributed by atoms with Gasteiger partial charge in [-0.1, -0.05) is 37.5 Å². The van der Waals surface area contributed by atoms with Crippen LogP contribution in [0, 0.1) is 0 Å². The second-order valence-corrected chi connectivity index (χ2v) is 10.4. The van der Waals surface area contributed by atoms with Crippen molar-refractivity contribution in [2.24, 2.45) is 0 Å². The lowest BCUT2D eigenvalue weighted by Crippen LogP contribution is -2.38. The molecule has 1 aromatic heterocycles. The van der Waals surface area contributed by atoms with E-state index in [0.29, 0.717) is 18.7 Å². The monoisotopic (exact) mass is 432 g/mol. The summed E-state index contributed by atoms with van der Waals surface area (Å²) in [5, 5.41) is 1.97. The second-order valence-electron chi connectivity index (χ2n) is 7.39. The van der Waals surface area contributed by atoms with Gasteiger partial charge in [-0.2, -0.15) is 4.31 Å². The van der Waals surface area contributed by atoms with E-state index in [1.54, 1.807) is 47.6 Å². The lowest BCUT2D eigenvalue weighted by atomic mass is 9.96. The first-order valence-corrected chi connectivity index (χ1v) is 12.3. The SMILES string of the molecule is C=CCN(Cc1cccs1)C(=O)c1cccc(S(=O)(=O)N(C)C2CCCCC2)c1. The Morgan fingerprint density at radius 3 is 2.62 bits per heavy atom. The van der Waals surface area contributed by atoms with Crippen molar-refractivity contribution in [2.75, 3.05) is 13.6 Å². The van der Waals surface area contributed by atoms with Gasteiger partial charge in [-0.3, -0.25) is 4.79 Å². The van der Waals surface area contributed by atoms with Crippen LogP contribution in [0.5, 0.6) is 0 Å². The van der Waals surface area contributed by atoms with Crippen molar-refractivity contribution in [1.29, 1.82) is 0 Å². The van der Waals surface area contributed by atoms with Crippen molar-refractivity contribution >= 4 is 27.3 Å². The van der Waals surface area contributed by atoms with Gasteiger partial charge in [0.25, 0.3) is 5.91 Å². The number of hydrogen-bond acceptors (Lipinski definition) is 4. The van der Waals surface area contributed by atoms with Crippen LogP contribution in [-0.4, -0.2) is 43.2 Å². The zero-order valence-electron chi connectivity index (χ0n) is 16.8. The minimum Gasteiger partial charge on any atom is -0.330 e. The predicted molar refractivity (Wildman–Crippen MR) is 118 cm³/mol. The maximum absolute atomic E-state index is 13.1. The largest absolute Gasteiger partial charge is 0.330 e. The Hall–Kier alpha value is -1.96. The summed E-state index contributed by atoms with van der Waals surface area (Å²) in [7, 11) is -1.98. The summed E-state index contributed by atoms with van der Waals surface area (Å²) in [6, 6.07) is 10.4. The summed E-state index contributed by atoms with van der Waals surface area (Å²) < 4.78 is 27.8.